The maximum atomic E-state index is 10.4. The highest BCUT2D eigenvalue weighted by Gasteiger charge is 2.15. The van der Waals surface area contributed by atoms with Gasteiger partial charge >= 0.3 is 0 Å². The van der Waals surface area contributed by atoms with Crippen molar-refractivity contribution in [3.63, 3.8) is 0 Å². The number of nitro benzene ring substituents is 1. The predicted octanol–water partition coefficient (Wildman–Crippen LogP) is 2.86. The molecule has 0 N–H and O–H groups in total. The van der Waals surface area contributed by atoms with Gasteiger partial charge < -0.3 is 0 Å². The van der Waals surface area contributed by atoms with Crippen molar-refractivity contribution in [2.24, 2.45) is 5.92 Å². The van der Waals surface area contributed by atoms with Crippen molar-refractivity contribution < 1.29 is 4.92 Å². The average Bonchev–Trinajstić information content (AvgIpc) is 2.19. The summed E-state index contributed by atoms with van der Waals surface area (Å²) in [6.45, 7) is 3.91. The third-order valence-electron chi connectivity index (χ3n) is 2.27. The largest absolute Gasteiger partial charge is 0.269 e. The number of rotatable bonds is 3. The van der Waals surface area contributed by atoms with Crippen molar-refractivity contribution in [3.8, 4) is 6.07 Å². The Morgan fingerprint density at radius 3 is 2.20 bits per heavy atom. The van der Waals surface area contributed by atoms with E-state index < -0.39 is 4.92 Å². The molecule has 0 aromatic heterocycles. The van der Waals surface area contributed by atoms with Crippen LogP contribution >= 0.6 is 0 Å². The van der Waals surface area contributed by atoms with Gasteiger partial charge in [0.05, 0.1) is 16.9 Å². The molecule has 0 saturated heterocycles. The van der Waals surface area contributed by atoms with Gasteiger partial charge in [-0.05, 0) is 11.5 Å². The lowest BCUT2D eigenvalue weighted by Crippen LogP contribution is -2.03. The Morgan fingerprint density at radius 2 is 1.87 bits per heavy atom. The zero-order chi connectivity index (χ0) is 11.4. The monoisotopic (exact) mass is 204 g/mol. The highest BCUT2D eigenvalue weighted by molar-refractivity contribution is 5.36. The summed E-state index contributed by atoms with van der Waals surface area (Å²) in [5.74, 6) is 0.00209. The molecule has 4 nitrogen and oxygen atoms in total. The SMILES string of the molecule is CC(C)[C@H](C#N)c1ccc([N+](=O)[O-])cc1. The molecule has 1 atom stereocenters. The minimum Gasteiger partial charge on any atom is -0.258 e. The Hall–Kier alpha value is -1.89. The van der Waals surface area contributed by atoms with Crippen molar-refractivity contribution in [1.29, 1.82) is 5.26 Å². The second-order valence-corrected chi connectivity index (χ2v) is 3.70. The minimum atomic E-state index is -0.444. The number of non-ortho nitro benzene ring substituents is 1. The van der Waals surface area contributed by atoms with E-state index in [1.807, 2.05) is 13.8 Å². The molecule has 0 bridgehead atoms. The van der Waals surface area contributed by atoms with Gasteiger partial charge in [0.2, 0.25) is 0 Å². The van der Waals surface area contributed by atoms with Crippen molar-refractivity contribution >= 4 is 5.69 Å². The van der Waals surface area contributed by atoms with E-state index in [0.29, 0.717) is 0 Å². The molecule has 0 aliphatic heterocycles. The van der Waals surface area contributed by atoms with E-state index in [1.165, 1.54) is 12.1 Å². The Kier molecular flexibility index (Phi) is 3.40. The van der Waals surface area contributed by atoms with Crippen LogP contribution in [0.1, 0.15) is 25.3 Å². The Morgan fingerprint density at radius 1 is 1.33 bits per heavy atom. The van der Waals surface area contributed by atoms with E-state index >= 15 is 0 Å². The van der Waals surface area contributed by atoms with Gasteiger partial charge in [-0.25, -0.2) is 0 Å². The van der Waals surface area contributed by atoms with Crippen LogP contribution in [0, 0.1) is 27.4 Å². The third-order valence-corrected chi connectivity index (χ3v) is 2.27. The summed E-state index contributed by atoms with van der Waals surface area (Å²) >= 11 is 0. The quantitative estimate of drug-likeness (QED) is 0.561. The van der Waals surface area contributed by atoms with Crippen molar-refractivity contribution in [2.45, 2.75) is 19.8 Å². The van der Waals surface area contributed by atoms with Gasteiger partial charge in [0.25, 0.3) is 5.69 Å². The van der Waals surface area contributed by atoms with E-state index in [-0.39, 0.29) is 17.5 Å². The molecule has 0 fully saturated rings. The standard InChI is InChI=1S/C11H12N2O2/c1-8(2)11(7-12)9-3-5-10(6-4-9)13(14)15/h3-6,8,11H,1-2H3/t11-/m0/s1. The lowest BCUT2D eigenvalue weighted by atomic mass is 9.90. The van der Waals surface area contributed by atoms with Crippen molar-refractivity contribution in [1.82, 2.24) is 0 Å². The van der Waals surface area contributed by atoms with E-state index in [0.717, 1.165) is 5.56 Å². The fraction of sp³-hybridized carbons (Fsp3) is 0.364. The molecule has 1 aromatic rings. The molecular formula is C11H12N2O2. The summed E-state index contributed by atoms with van der Waals surface area (Å²) in [5, 5.41) is 19.4. The molecule has 0 unspecified atom stereocenters. The first-order valence-corrected chi connectivity index (χ1v) is 4.70. The van der Waals surface area contributed by atoms with Gasteiger partial charge in [0.15, 0.2) is 0 Å². The molecule has 1 rings (SSSR count). The van der Waals surface area contributed by atoms with Crippen LogP contribution in [0.3, 0.4) is 0 Å². The summed E-state index contributed by atoms with van der Waals surface area (Å²) in [4.78, 5) is 9.98. The van der Waals surface area contributed by atoms with Crippen LogP contribution < -0.4 is 0 Å². The first-order chi connectivity index (χ1) is 7.06. The van der Waals surface area contributed by atoms with Gasteiger partial charge in [-0.1, -0.05) is 26.0 Å². The van der Waals surface area contributed by atoms with Gasteiger partial charge in [0, 0.05) is 12.1 Å². The number of hydrogen-bond donors (Lipinski definition) is 0. The highest BCUT2D eigenvalue weighted by Crippen LogP contribution is 2.25. The third kappa shape index (κ3) is 2.53. The fourth-order valence-electron chi connectivity index (χ4n) is 1.41. The molecule has 15 heavy (non-hydrogen) atoms. The van der Waals surface area contributed by atoms with Crippen LogP contribution in [0.15, 0.2) is 24.3 Å². The number of nitro groups is 1. The number of nitrogens with zero attached hydrogens (tertiary/aromatic N) is 2. The summed E-state index contributed by atoms with van der Waals surface area (Å²) in [6.07, 6.45) is 0. The molecular weight excluding hydrogens is 192 g/mol. The normalized spacial score (nSPS) is 12.1. The maximum Gasteiger partial charge on any atom is 0.269 e. The lowest BCUT2D eigenvalue weighted by Gasteiger charge is -2.12. The van der Waals surface area contributed by atoms with Crippen LogP contribution in [-0.4, -0.2) is 4.92 Å². The summed E-state index contributed by atoms with van der Waals surface area (Å²) < 4.78 is 0. The van der Waals surface area contributed by atoms with Crippen molar-refractivity contribution in [2.75, 3.05) is 0 Å². The maximum absolute atomic E-state index is 10.4. The fourth-order valence-corrected chi connectivity index (χ4v) is 1.41. The van der Waals surface area contributed by atoms with Crippen LogP contribution in [0.2, 0.25) is 0 Å². The molecule has 78 valence electrons. The molecule has 0 amide bonds. The molecule has 0 aliphatic rings. The lowest BCUT2D eigenvalue weighted by molar-refractivity contribution is -0.384. The summed E-state index contributed by atoms with van der Waals surface area (Å²) in [7, 11) is 0. The van der Waals surface area contributed by atoms with E-state index in [4.69, 9.17) is 5.26 Å². The first kappa shape index (κ1) is 11.2. The zero-order valence-corrected chi connectivity index (χ0v) is 8.68. The van der Waals surface area contributed by atoms with Gasteiger partial charge in [-0.3, -0.25) is 10.1 Å². The van der Waals surface area contributed by atoms with Crippen LogP contribution in [0.25, 0.3) is 0 Å². The number of hydrogen-bond acceptors (Lipinski definition) is 3. The average molecular weight is 204 g/mol. The molecule has 0 heterocycles. The molecule has 0 spiro atoms. The molecule has 0 saturated carbocycles. The Balaban J connectivity index is 2.98. The topological polar surface area (TPSA) is 66.9 Å². The number of nitriles is 1. The van der Waals surface area contributed by atoms with E-state index in [9.17, 15) is 10.1 Å². The molecule has 1 aromatic carbocycles. The van der Waals surface area contributed by atoms with Crippen LogP contribution in [0.4, 0.5) is 5.69 Å². The zero-order valence-electron chi connectivity index (χ0n) is 8.68. The Labute approximate surface area is 88.3 Å². The number of benzene rings is 1. The highest BCUT2D eigenvalue weighted by atomic mass is 16.6. The second-order valence-electron chi connectivity index (χ2n) is 3.70. The van der Waals surface area contributed by atoms with Gasteiger partial charge in [-0.15, -0.1) is 0 Å². The predicted molar refractivity (Wildman–Crippen MR) is 56.3 cm³/mol. The molecule has 0 aliphatic carbocycles. The van der Waals surface area contributed by atoms with Gasteiger partial charge in [0.1, 0.15) is 0 Å². The second kappa shape index (κ2) is 4.56. The smallest absolute Gasteiger partial charge is 0.258 e. The van der Waals surface area contributed by atoms with Crippen LogP contribution in [-0.2, 0) is 0 Å². The van der Waals surface area contributed by atoms with E-state index in [2.05, 4.69) is 6.07 Å². The van der Waals surface area contributed by atoms with Crippen LogP contribution in [0.5, 0.6) is 0 Å². The van der Waals surface area contributed by atoms with E-state index in [1.54, 1.807) is 12.1 Å². The molecule has 4 heteroatoms. The minimum absolute atomic E-state index is 0.0548. The molecule has 0 radical (unpaired) electrons. The van der Waals surface area contributed by atoms with Crippen molar-refractivity contribution in [3.05, 3.63) is 39.9 Å². The Bertz CT molecular complexity index is 390. The van der Waals surface area contributed by atoms with Gasteiger partial charge in [-0.2, -0.15) is 5.26 Å². The first-order valence-electron chi connectivity index (χ1n) is 4.70. The summed E-state index contributed by atoms with van der Waals surface area (Å²) in [6, 6.07) is 8.35. The summed E-state index contributed by atoms with van der Waals surface area (Å²) in [5.41, 5.74) is 0.886.